The second-order valence-corrected chi connectivity index (χ2v) is 9.46. The number of fused-ring (bicyclic) bond motifs is 3. The third-order valence-electron chi connectivity index (χ3n) is 7.04. The van der Waals surface area contributed by atoms with E-state index in [4.69, 9.17) is 9.47 Å². The second kappa shape index (κ2) is 12.4. The van der Waals surface area contributed by atoms with Gasteiger partial charge in [-0.05, 0) is 36.3 Å². The summed E-state index contributed by atoms with van der Waals surface area (Å²) in [5.74, 6) is -1.46. The molecule has 39 heavy (non-hydrogen) atoms. The molecule has 1 aliphatic carbocycles. The van der Waals surface area contributed by atoms with Gasteiger partial charge >= 0.3 is 0 Å². The Labute approximate surface area is 226 Å². The summed E-state index contributed by atoms with van der Waals surface area (Å²) in [6.07, 6.45) is 1.28. The average molecular weight is 541 g/mol. The van der Waals surface area contributed by atoms with E-state index < -0.39 is 35.9 Å². The summed E-state index contributed by atoms with van der Waals surface area (Å²) in [6, 6.07) is 8.32. The summed E-state index contributed by atoms with van der Waals surface area (Å²) in [5.41, 5.74) is 1.55. The number of aliphatic hydroxyl groups excluding tert-OH is 3. The molecule has 0 spiro atoms. The first-order valence-electron chi connectivity index (χ1n) is 12.8. The normalized spacial score (nSPS) is 21.2. The number of halogens is 1. The van der Waals surface area contributed by atoms with Crippen molar-refractivity contribution in [3.05, 3.63) is 83.2 Å². The molecule has 4 atom stereocenters. The Morgan fingerprint density at radius 1 is 1.26 bits per heavy atom. The summed E-state index contributed by atoms with van der Waals surface area (Å²) in [7, 11) is 1.44. The maximum absolute atomic E-state index is 14.6. The minimum Gasteiger partial charge on any atom is -0.493 e. The Morgan fingerprint density at radius 3 is 2.69 bits per heavy atom. The van der Waals surface area contributed by atoms with Crippen LogP contribution in [-0.4, -0.2) is 70.5 Å². The van der Waals surface area contributed by atoms with E-state index in [1.165, 1.54) is 24.2 Å². The first-order valence-corrected chi connectivity index (χ1v) is 12.8. The molecule has 4 unspecified atom stereocenters. The third kappa shape index (κ3) is 5.68. The fraction of sp³-hybridized carbons (Fsp3) is 0.379. The standard InChI is InChI=1S/C29H33FN2O7/c1-3-4-9-24(35)32(15-18-7-5-6-8-21(18)30)22-14-20(29(37)31-10-11-33)25-19-12-17(16-34)13-23(38-2)27(19)39-28(25)26(22)36/h3,5-8,12-14,22,25-26,28,33-34,36H,1,4,9-11,15-16H2,2H3,(H,31,37). The van der Waals surface area contributed by atoms with E-state index in [9.17, 15) is 29.3 Å². The number of aliphatic hydroxyl groups is 3. The molecule has 10 heteroatoms. The molecule has 2 amide bonds. The first-order chi connectivity index (χ1) is 18.8. The van der Waals surface area contributed by atoms with Crippen LogP contribution in [0.3, 0.4) is 0 Å². The zero-order chi connectivity index (χ0) is 28.1. The minimum atomic E-state index is -1.29. The largest absolute Gasteiger partial charge is 0.493 e. The number of methoxy groups -OCH3 is 1. The van der Waals surface area contributed by atoms with Crippen LogP contribution in [0.15, 0.2) is 60.7 Å². The molecule has 0 aromatic heterocycles. The van der Waals surface area contributed by atoms with Gasteiger partial charge in [0.25, 0.3) is 0 Å². The molecule has 0 radical (unpaired) electrons. The lowest BCUT2D eigenvalue weighted by molar-refractivity contribution is -0.138. The zero-order valence-electron chi connectivity index (χ0n) is 21.7. The Bertz CT molecular complexity index is 1260. The topological polar surface area (TPSA) is 129 Å². The summed E-state index contributed by atoms with van der Waals surface area (Å²) in [6.45, 7) is 2.95. The molecule has 1 heterocycles. The molecule has 9 nitrogen and oxygen atoms in total. The lowest BCUT2D eigenvalue weighted by atomic mass is 9.77. The van der Waals surface area contributed by atoms with Crippen molar-refractivity contribution in [2.24, 2.45) is 0 Å². The molecule has 0 bridgehead atoms. The Balaban J connectivity index is 1.82. The molecule has 0 saturated carbocycles. The first kappa shape index (κ1) is 28.3. The molecule has 2 aliphatic rings. The van der Waals surface area contributed by atoms with E-state index in [1.807, 2.05) is 0 Å². The molecule has 2 aromatic rings. The van der Waals surface area contributed by atoms with Crippen molar-refractivity contribution in [3.8, 4) is 11.5 Å². The van der Waals surface area contributed by atoms with Gasteiger partial charge in [0.15, 0.2) is 11.5 Å². The van der Waals surface area contributed by atoms with Crippen molar-refractivity contribution in [3.63, 3.8) is 0 Å². The van der Waals surface area contributed by atoms with E-state index in [0.29, 0.717) is 29.0 Å². The van der Waals surface area contributed by atoms with Gasteiger partial charge in [-0.25, -0.2) is 4.39 Å². The van der Waals surface area contributed by atoms with Gasteiger partial charge in [-0.15, -0.1) is 6.58 Å². The van der Waals surface area contributed by atoms with Crippen LogP contribution >= 0.6 is 0 Å². The van der Waals surface area contributed by atoms with Crippen LogP contribution in [0.4, 0.5) is 4.39 Å². The maximum Gasteiger partial charge on any atom is 0.247 e. The number of ether oxygens (including phenoxy) is 2. The molecule has 4 rings (SSSR count). The van der Waals surface area contributed by atoms with E-state index in [-0.39, 0.29) is 49.8 Å². The number of carbonyl (C=O) groups is 2. The summed E-state index contributed by atoms with van der Waals surface area (Å²) >= 11 is 0. The quantitative estimate of drug-likeness (QED) is 0.321. The van der Waals surface area contributed by atoms with Gasteiger partial charge in [-0.3, -0.25) is 9.59 Å². The fourth-order valence-electron chi connectivity index (χ4n) is 5.16. The fourth-order valence-corrected chi connectivity index (χ4v) is 5.16. The number of amides is 2. The average Bonchev–Trinajstić information content (AvgIpc) is 3.34. The van der Waals surface area contributed by atoms with Gasteiger partial charge in [0.2, 0.25) is 11.8 Å². The number of hydrogen-bond donors (Lipinski definition) is 4. The summed E-state index contributed by atoms with van der Waals surface area (Å²) in [4.78, 5) is 28.1. The molecule has 208 valence electrons. The molecule has 0 saturated heterocycles. The van der Waals surface area contributed by atoms with Gasteiger partial charge in [0, 0.05) is 36.2 Å². The molecular weight excluding hydrogens is 507 g/mol. The lowest BCUT2D eigenvalue weighted by Gasteiger charge is -2.40. The van der Waals surface area contributed by atoms with E-state index >= 15 is 0 Å². The van der Waals surface area contributed by atoms with Crippen molar-refractivity contribution in [2.75, 3.05) is 20.3 Å². The highest BCUT2D eigenvalue weighted by Gasteiger charge is 2.51. The second-order valence-electron chi connectivity index (χ2n) is 9.46. The third-order valence-corrected chi connectivity index (χ3v) is 7.04. The molecular formula is C29H33FN2O7. The molecule has 1 aliphatic heterocycles. The van der Waals surface area contributed by atoms with Crippen molar-refractivity contribution in [2.45, 2.75) is 50.2 Å². The number of nitrogens with zero attached hydrogens (tertiary/aromatic N) is 1. The predicted molar refractivity (Wildman–Crippen MR) is 140 cm³/mol. The number of benzene rings is 2. The van der Waals surface area contributed by atoms with Crippen molar-refractivity contribution < 1.29 is 38.8 Å². The Hall–Kier alpha value is -3.73. The number of rotatable bonds is 11. The Morgan fingerprint density at radius 2 is 2.03 bits per heavy atom. The van der Waals surface area contributed by atoms with Crippen LogP contribution in [0.1, 0.15) is 35.4 Å². The SMILES string of the molecule is C=CCCC(=O)N(Cc1ccccc1F)C1C=C(C(=O)NCCO)C2c3cc(CO)cc(OC)c3OC2C1O. The summed E-state index contributed by atoms with van der Waals surface area (Å²) in [5, 5.41) is 33.3. The number of nitrogens with one attached hydrogen (secondary N) is 1. The highest BCUT2D eigenvalue weighted by atomic mass is 19.1. The summed E-state index contributed by atoms with van der Waals surface area (Å²) < 4.78 is 26.3. The number of carbonyl (C=O) groups excluding carboxylic acids is 2. The van der Waals surface area contributed by atoms with E-state index in [2.05, 4.69) is 11.9 Å². The van der Waals surface area contributed by atoms with Crippen LogP contribution < -0.4 is 14.8 Å². The monoisotopic (exact) mass is 540 g/mol. The smallest absolute Gasteiger partial charge is 0.247 e. The van der Waals surface area contributed by atoms with Crippen LogP contribution in [0.5, 0.6) is 11.5 Å². The molecule has 0 fully saturated rings. The van der Waals surface area contributed by atoms with Crippen molar-refractivity contribution in [1.82, 2.24) is 10.2 Å². The van der Waals surface area contributed by atoms with Gasteiger partial charge in [0.05, 0.1) is 32.3 Å². The van der Waals surface area contributed by atoms with Crippen molar-refractivity contribution in [1.29, 1.82) is 0 Å². The minimum absolute atomic E-state index is 0.00823. The number of hydrogen-bond acceptors (Lipinski definition) is 7. The Kier molecular flexibility index (Phi) is 9.01. The zero-order valence-corrected chi connectivity index (χ0v) is 21.7. The number of allylic oxidation sites excluding steroid dienone is 1. The van der Waals surface area contributed by atoms with E-state index in [0.717, 1.165) is 0 Å². The van der Waals surface area contributed by atoms with Gasteiger partial charge in [-0.1, -0.05) is 24.3 Å². The lowest BCUT2D eigenvalue weighted by Crippen LogP contribution is -2.55. The van der Waals surface area contributed by atoms with Crippen LogP contribution in [-0.2, 0) is 22.7 Å². The molecule has 2 aromatic carbocycles. The van der Waals surface area contributed by atoms with Crippen molar-refractivity contribution >= 4 is 11.8 Å². The van der Waals surface area contributed by atoms with Crippen LogP contribution in [0.2, 0.25) is 0 Å². The van der Waals surface area contributed by atoms with Gasteiger partial charge in [0.1, 0.15) is 18.0 Å². The maximum atomic E-state index is 14.6. The highest BCUT2D eigenvalue weighted by molar-refractivity contribution is 5.96. The molecule has 4 N–H and O–H groups in total. The predicted octanol–water partition coefficient (Wildman–Crippen LogP) is 1.94. The van der Waals surface area contributed by atoms with E-state index in [1.54, 1.807) is 36.4 Å². The van der Waals surface area contributed by atoms with Crippen LogP contribution in [0.25, 0.3) is 0 Å². The van der Waals surface area contributed by atoms with Crippen LogP contribution in [0, 0.1) is 5.82 Å². The highest BCUT2D eigenvalue weighted by Crippen LogP contribution is 2.51. The van der Waals surface area contributed by atoms with Gasteiger partial charge < -0.3 is 35.0 Å². The van der Waals surface area contributed by atoms with Gasteiger partial charge in [-0.2, -0.15) is 0 Å².